The lowest BCUT2D eigenvalue weighted by atomic mass is 10.1. The number of hydrogen-bond acceptors (Lipinski definition) is 5. The van der Waals surface area contributed by atoms with Crippen LogP contribution in [0.5, 0.6) is 0 Å². The summed E-state index contributed by atoms with van der Waals surface area (Å²) in [7, 11) is 0. The van der Waals surface area contributed by atoms with Gasteiger partial charge in [-0.2, -0.15) is 0 Å². The number of amides is 1. The highest BCUT2D eigenvalue weighted by atomic mass is 16.2. The van der Waals surface area contributed by atoms with Crippen LogP contribution in [-0.4, -0.2) is 53.7 Å². The van der Waals surface area contributed by atoms with Crippen LogP contribution in [0.15, 0.2) is 36.4 Å². The van der Waals surface area contributed by atoms with E-state index in [1.165, 1.54) is 0 Å². The molecule has 2 aromatic rings. The Bertz CT molecular complexity index is 693. The van der Waals surface area contributed by atoms with E-state index in [1.807, 2.05) is 55.1 Å². The largest absolute Gasteiger partial charge is 0.369 e. The van der Waals surface area contributed by atoms with Crippen molar-refractivity contribution in [3.05, 3.63) is 47.5 Å². The van der Waals surface area contributed by atoms with Crippen LogP contribution in [0.25, 0.3) is 0 Å². The number of aromatic nitrogens is 2. The molecule has 1 saturated heterocycles. The molecule has 6 nitrogen and oxygen atoms in total. The monoisotopic (exact) mass is 325 g/mol. The minimum atomic E-state index is 0.104. The van der Waals surface area contributed by atoms with E-state index in [1.54, 1.807) is 0 Å². The second kappa shape index (κ2) is 7.29. The van der Waals surface area contributed by atoms with E-state index in [2.05, 4.69) is 20.4 Å². The minimum Gasteiger partial charge on any atom is -0.369 e. The molecule has 0 atom stereocenters. The Balaban J connectivity index is 1.60. The molecule has 6 heteroatoms. The number of benzene rings is 1. The van der Waals surface area contributed by atoms with Gasteiger partial charge in [-0.1, -0.05) is 17.7 Å². The van der Waals surface area contributed by atoms with E-state index < -0.39 is 0 Å². The van der Waals surface area contributed by atoms with Crippen LogP contribution in [0.1, 0.15) is 22.8 Å². The molecule has 0 bridgehead atoms. The zero-order chi connectivity index (χ0) is 16.9. The summed E-state index contributed by atoms with van der Waals surface area (Å²) in [5.74, 6) is 1.75. The van der Waals surface area contributed by atoms with Crippen molar-refractivity contribution in [3.8, 4) is 0 Å². The number of anilines is 2. The lowest BCUT2D eigenvalue weighted by molar-refractivity contribution is 0.0746. The fourth-order valence-electron chi connectivity index (χ4n) is 2.87. The summed E-state index contributed by atoms with van der Waals surface area (Å²) in [4.78, 5) is 16.7. The first-order chi connectivity index (χ1) is 11.7. The van der Waals surface area contributed by atoms with Crippen molar-refractivity contribution in [2.45, 2.75) is 13.8 Å². The molecule has 1 aromatic carbocycles. The highest BCUT2D eigenvalue weighted by molar-refractivity contribution is 5.94. The molecule has 1 aliphatic heterocycles. The highest BCUT2D eigenvalue weighted by Crippen LogP contribution is 2.16. The molecule has 0 unspecified atom stereocenters. The van der Waals surface area contributed by atoms with Gasteiger partial charge in [0.2, 0.25) is 0 Å². The number of carbonyl (C=O) groups is 1. The van der Waals surface area contributed by atoms with Gasteiger partial charge in [-0.05, 0) is 38.1 Å². The third kappa shape index (κ3) is 3.64. The number of hydrogen-bond donors (Lipinski definition) is 1. The predicted molar refractivity (Wildman–Crippen MR) is 95.5 cm³/mol. The van der Waals surface area contributed by atoms with Gasteiger partial charge in [-0.3, -0.25) is 4.79 Å². The molecule has 0 aliphatic carbocycles. The van der Waals surface area contributed by atoms with E-state index in [4.69, 9.17) is 0 Å². The Morgan fingerprint density at radius 3 is 2.54 bits per heavy atom. The normalized spacial score (nSPS) is 14.6. The van der Waals surface area contributed by atoms with Gasteiger partial charge in [0.25, 0.3) is 5.91 Å². The predicted octanol–water partition coefficient (Wildman–Crippen LogP) is 2.18. The van der Waals surface area contributed by atoms with Gasteiger partial charge in [0.15, 0.2) is 5.82 Å². The molecule has 3 rings (SSSR count). The van der Waals surface area contributed by atoms with Gasteiger partial charge in [0.05, 0.1) is 0 Å². The lowest BCUT2D eigenvalue weighted by Gasteiger charge is -2.35. The molecule has 1 amide bonds. The van der Waals surface area contributed by atoms with Gasteiger partial charge in [-0.15, -0.1) is 10.2 Å². The summed E-state index contributed by atoms with van der Waals surface area (Å²) in [5, 5.41) is 11.6. The van der Waals surface area contributed by atoms with Gasteiger partial charge >= 0.3 is 0 Å². The summed E-state index contributed by atoms with van der Waals surface area (Å²) < 4.78 is 0. The van der Waals surface area contributed by atoms with Crippen LogP contribution in [0.2, 0.25) is 0 Å². The maximum Gasteiger partial charge on any atom is 0.253 e. The first-order valence-corrected chi connectivity index (χ1v) is 8.36. The highest BCUT2D eigenvalue weighted by Gasteiger charge is 2.23. The summed E-state index contributed by atoms with van der Waals surface area (Å²) in [6, 6.07) is 11.7. The molecule has 1 N–H and O–H groups in total. The van der Waals surface area contributed by atoms with Crippen LogP contribution >= 0.6 is 0 Å². The molecule has 0 radical (unpaired) electrons. The van der Waals surface area contributed by atoms with Gasteiger partial charge in [0.1, 0.15) is 5.82 Å². The van der Waals surface area contributed by atoms with Crippen molar-refractivity contribution in [1.29, 1.82) is 0 Å². The third-order valence-electron chi connectivity index (χ3n) is 4.16. The Hall–Kier alpha value is -2.63. The Labute approximate surface area is 142 Å². The molecule has 0 saturated carbocycles. The van der Waals surface area contributed by atoms with E-state index in [0.29, 0.717) is 13.1 Å². The number of nitrogens with one attached hydrogen (secondary N) is 1. The zero-order valence-corrected chi connectivity index (χ0v) is 14.2. The molecule has 0 spiro atoms. The van der Waals surface area contributed by atoms with Crippen LogP contribution in [0.3, 0.4) is 0 Å². The van der Waals surface area contributed by atoms with E-state index in [9.17, 15) is 4.79 Å². The quantitative estimate of drug-likeness (QED) is 0.933. The fourth-order valence-corrected chi connectivity index (χ4v) is 2.87. The Morgan fingerprint density at radius 1 is 1.12 bits per heavy atom. The number of rotatable bonds is 4. The number of carbonyl (C=O) groups excluding carboxylic acids is 1. The SMILES string of the molecule is CCNc1ccc(N2CCN(C(=O)c3cccc(C)c3)CC2)nn1. The van der Waals surface area contributed by atoms with Crippen molar-refractivity contribution < 1.29 is 4.79 Å². The Morgan fingerprint density at radius 2 is 1.92 bits per heavy atom. The van der Waals surface area contributed by atoms with E-state index in [0.717, 1.165) is 42.4 Å². The topological polar surface area (TPSA) is 61.4 Å². The van der Waals surface area contributed by atoms with Gasteiger partial charge in [-0.25, -0.2) is 0 Å². The van der Waals surface area contributed by atoms with Crippen LogP contribution in [-0.2, 0) is 0 Å². The maximum absolute atomic E-state index is 12.6. The summed E-state index contributed by atoms with van der Waals surface area (Å²) in [6.07, 6.45) is 0. The Kier molecular flexibility index (Phi) is 4.93. The molecule has 1 fully saturated rings. The van der Waals surface area contributed by atoms with Crippen molar-refractivity contribution in [3.63, 3.8) is 0 Å². The average Bonchev–Trinajstić information content (AvgIpc) is 2.62. The molecule has 1 aromatic heterocycles. The molecule has 126 valence electrons. The fraction of sp³-hybridized carbons (Fsp3) is 0.389. The summed E-state index contributed by atoms with van der Waals surface area (Å²) >= 11 is 0. The van der Waals surface area contributed by atoms with Gasteiger partial charge < -0.3 is 15.1 Å². The van der Waals surface area contributed by atoms with E-state index in [-0.39, 0.29) is 5.91 Å². The molecule has 2 heterocycles. The molecular formula is C18H23N5O. The van der Waals surface area contributed by atoms with Crippen molar-refractivity contribution in [1.82, 2.24) is 15.1 Å². The number of aryl methyl sites for hydroxylation is 1. The second-order valence-electron chi connectivity index (χ2n) is 5.96. The average molecular weight is 325 g/mol. The van der Waals surface area contributed by atoms with Crippen LogP contribution < -0.4 is 10.2 Å². The number of nitrogens with zero attached hydrogens (tertiary/aromatic N) is 4. The van der Waals surface area contributed by atoms with Crippen molar-refractivity contribution in [2.75, 3.05) is 42.9 Å². The van der Waals surface area contributed by atoms with E-state index >= 15 is 0 Å². The van der Waals surface area contributed by atoms with Crippen LogP contribution in [0, 0.1) is 6.92 Å². The maximum atomic E-state index is 12.6. The second-order valence-corrected chi connectivity index (χ2v) is 5.96. The van der Waals surface area contributed by atoms with Crippen molar-refractivity contribution in [2.24, 2.45) is 0 Å². The molecule has 1 aliphatic rings. The first kappa shape index (κ1) is 16.2. The third-order valence-corrected chi connectivity index (χ3v) is 4.16. The van der Waals surface area contributed by atoms with Crippen molar-refractivity contribution >= 4 is 17.5 Å². The summed E-state index contributed by atoms with van der Waals surface area (Å²) in [6.45, 7) is 7.80. The molecule has 24 heavy (non-hydrogen) atoms. The zero-order valence-electron chi connectivity index (χ0n) is 14.2. The first-order valence-electron chi connectivity index (χ1n) is 8.36. The lowest BCUT2D eigenvalue weighted by Crippen LogP contribution is -2.49. The van der Waals surface area contributed by atoms with Crippen LogP contribution in [0.4, 0.5) is 11.6 Å². The standard InChI is InChI=1S/C18H23N5O/c1-3-19-16-7-8-17(21-20-16)22-9-11-23(12-10-22)18(24)15-6-4-5-14(2)13-15/h4-8,13H,3,9-12H2,1-2H3,(H,19,20). The minimum absolute atomic E-state index is 0.104. The summed E-state index contributed by atoms with van der Waals surface area (Å²) in [5.41, 5.74) is 1.87. The molecular weight excluding hydrogens is 302 g/mol. The smallest absolute Gasteiger partial charge is 0.253 e. The number of piperazine rings is 1. The van der Waals surface area contributed by atoms with Gasteiger partial charge in [0, 0.05) is 38.3 Å².